The maximum absolute atomic E-state index is 13.4. The zero-order chi connectivity index (χ0) is 11.0. The first kappa shape index (κ1) is 10.1. The fourth-order valence-electron chi connectivity index (χ4n) is 1.37. The third kappa shape index (κ3) is 1.85. The highest BCUT2D eigenvalue weighted by Gasteiger charge is 2.32. The van der Waals surface area contributed by atoms with Crippen LogP contribution in [0.15, 0.2) is 22.7 Å². The van der Waals surface area contributed by atoms with Crippen molar-refractivity contribution in [3.63, 3.8) is 0 Å². The summed E-state index contributed by atoms with van der Waals surface area (Å²) in [6, 6.07) is 2.76. The largest absolute Gasteiger partial charge is 0.322 e. The number of hydrogen-bond acceptors (Lipinski definition) is 2. The average Bonchev–Trinajstić information content (AvgIpc) is 2.45. The number of hydrogen-bond donors (Lipinski definition) is 2. The number of rotatable bonds is 1. The maximum Gasteiger partial charge on any atom is 0.322 e. The van der Waals surface area contributed by atoms with Gasteiger partial charge in [0.05, 0.1) is 0 Å². The first-order valence-corrected chi connectivity index (χ1v) is 4.93. The minimum absolute atomic E-state index is 0.154. The molecule has 6 heteroatoms. The van der Waals surface area contributed by atoms with Gasteiger partial charge in [-0.3, -0.25) is 10.1 Å². The zero-order valence-corrected chi connectivity index (χ0v) is 8.97. The van der Waals surface area contributed by atoms with E-state index in [1.54, 1.807) is 6.07 Å². The molecule has 0 bridgehead atoms. The third-order valence-electron chi connectivity index (χ3n) is 2.05. The lowest BCUT2D eigenvalue weighted by Crippen LogP contribution is -2.22. The molecule has 0 spiro atoms. The number of carbonyl (C=O) groups excluding carboxylic acids is 2. The van der Waals surface area contributed by atoms with Gasteiger partial charge in [0.25, 0.3) is 5.91 Å². The Bertz CT molecular complexity index is 450. The highest BCUT2D eigenvalue weighted by Crippen LogP contribution is 2.22. The van der Waals surface area contributed by atoms with Gasteiger partial charge in [-0.25, -0.2) is 9.18 Å². The van der Waals surface area contributed by atoms with Crippen molar-refractivity contribution in [3.8, 4) is 0 Å². The quantitative estimate of drug-likeness (QED) is 0.761. The van der Waals surface area contributed by atoms with E-state index in [4.69, 9.17) is 0 Å². The van der Waals surface area contributed by atoms with Gasteiger partial charge in [-0.2, -0.15) is 0 Å². The van der Waals surface area contributed by atoms with Gasteiger partial charge in [-0.1, -0.05) is 22.0 Å². The highest BCUT2D eigenvalue weighted by molar-refractivity contribution is 9.10. The second kappa shape index (κ2) is 3.62. The number of imide groups is 1. The normalized spacial score (nSPS) is 20.0. The Labute approximate surface area is 93.0 Å². The van der Waals surface area contributed by atoms with Crippen LogP contribution in [-0.4, -0.2) is 11.9 Å². The molecular formula is C9H6BrFN2O2. The molecule has 1 heterocycles. The van der Waals surface area contributed by atoms with Crippen LogP contribution in [0.2, 0.25) is 0 Å². The molecule has 0 aliphatic carbocycles. The summed E-state index contributed by atoms with van der Waals surface area (Å²) in [7, 11) is 0. The molecule has 2 rings (SSSR count). The standard InChI is InChI=1S/C9H6BrFN2O2/c10-4-1-2-5(6(11)3-4)7-8(14)13-9(15)12-7/h1-3,7H,(H2,12,13,14,15). The number of halogens is 2. The van der Waals surface area contributed by atoms with E-state index >= 15 is 0 Å². The summed E-state index contributed by atoms with van der Waals surface area (Å²) in [6.07, 6.45) is 0. The Hall–Kier alpha value is -1.43. The second-order valence-electron chi connectivity index (χ2n) is 3.06. The van der Waals surface area contributed by atoms with Crippen molar-refractivity contribution in [3.05, 3.63) is 34.1 Å². The van der Waals surface area contributed by atoms with Gasteiger partial charge in [0.1, 0.15) is 11.9 Å². The molecule has 1 aliphatic heterocycles. The summed E-state index contributed by atoms with van der Waals surface area (Å²) in [5.74, 6) is -1.08. The number of nitrogens with one attached hydrogen (secondary N) is 2. The van der Waals surface area contributed by atoms with Crippen LogP contribution in [0.25, 0.3) is 0 Å². The first-order valence-electron chi connectivity index (χ1n) is 4.14. The van der Waals surface area contributed by atoms with Gasteiger partial charge < -0.3 is 5.32 Å². The first-order chi connectivity index (χ1) is 7.08. The highest BCUT2D eigenvalue weighted by atomic mass is 79.9. The Morgan fingerprint density at radius 1 is 1.33 bits per heavy atom. The molecule has 1 fully saturated rings. The number of urea groups is 1. The van der Waals surface area contributed by atoms with Crippen molar-refractivity contribution < 1.29 is 14.0 Å². The molecule has 0 saturated carbocycles. The summed E-state index contributed by atoms with van der Waals surface area (Å²) < 4.78 is 14.0. The summed E-state index contributed by atoms with van der Waals surface area (Å²) in [6.45, 7) is 0. The van der Waals surface area contributed by atoms with E-state index in [0.717, 1.165) is 0 Å². The molecule has 0 radical (unpaired) electrons. The van der Waals surface area contributed by atoms with E-state index in [-0.39, 0.29) is 5.56 Å². The molecule has 1 aliphatic rings. The topological polar surface area (TPSA) is 58.2 Å². The summed E-state index contributed by atoms with van der Waals surface area (Å²) in [4.78, 5) is 22.1. The van der Waals surface area contributed by atoms with E-state index in [2.05, 4.69) is 21.2 Å². The van der Waals surface area contributed by atoms with E-state index in [1.807, 2.05) is 5.32 Å². The van der Waals surface area contributed by atoms with Crippen LogP contribution in [0.3, 0.4) is 0 Å². The fourth-order valence-corrected chi connectivity index (χ4v) is 1.70. The third-order valence-corrected chi connectivity index (χ3v) is 2.54. The molecule has 3 amide bonds. The van der Waals surface area contributed by atoms with Crippen molar-refractivity contribution in [2.75, 3.05) is 0 Å². The molecule has 78 valence electrons. The van der Waals surface area contributed by atoms with Crippen LogP contribution >= 0.6 is 15.9 Å². The SMILES string of the molecule is O=C1NC(=O)C(c2ccc(Br)cc2F)N1. The Balaban J connectivity index is 2.38. The molecule has 1 aromatic carbocycles. The predicted molar refractivity (Wildman–Crippen MR) is 53.5 cm³/mol. The van der Waals surface area contributed by atoms with Gasteiger partial charge in [-0.05, 0) is 12.1 Å². The zero-order valence-electron chi connectivity index (χ0n) is 7.38. The van der Waals surface area contributed by atoms with Gasteiger partial charge in [0, 0.05) is 10.0 Å². The van der Waals surface area contributed by atoms with E-state index in [1.165, 1.54) is 12.1 Å². The van der Waals surface area contributed by atoms with Crippen LogP contribution in [0.5, 0.6) is 0 Å². The monoisotopic (exact) mass is 272 g/mol. The Kier molecular flexibility index (Phi) is 2.44. The Morgan fingerprint density at radius 3 is 2.60 bits per heavy atom. The van der Waals surface area contributed by atoms with Crippen LogP contribution in [0.4, 0.5) is 9.18 Å². The lowest BCUT2D eigenvalue weighted by atomic mass is 10.1. The van der Waals surface area contributed by atoms with Crippen LogP contribution in [-0.2, 0) is 4.79 Å². The van der Waals surface area contributed by atoms with Crippen molar-refractivity contribution in [1.29, 1.82) is 0 Å². The van der Waals surface area contributed by atoms with Gasteiger partial charge in [-0.15, -0.1) is 0 Å². The smallest absolute Gasteiger partial charge is 0.322 e. The fraction of sp³-hybridized carbons (Fsp3) is 0.111. The molecule has 15 heavy (non-hydrogen) atoms. The maximum atomic E-state index is 13.4. The summed E-state index contributed by atoms with van der Waals surface area (Å²) in [5.41, 5.74) is 0.154. The van der Waals surface area contributed by atoms with Crippen molar-refractivity contribution >= 4 is 27.9 Å². The molecule has 4 nitrogen and oxygen atoms in total. The van der Waals surface area contributed by atoms with Crippen LogP contribution in [0.1, 0.15) is 11.6 Å². The minimum Gasteiger partial charge on any atom is -0.322 e. The van der Waals surface area contributed by atoms with E-state index < -0.39 is 23.8 Å². The summed E-state index contributed by atoms with van der Waals surface area (Å²) >= 11 is 3.10. The molecule has 1 atom stereocenters. The lowest BCUT2D eigenvalue weighted by Gasteiger charge is -2.08. The Morgan fingerprint density at radius 2 is 2.07 bits per heavy atom. The molecule has 1 saturated heterocycles. The lowest BCUT2D eigenvalue weighted by molar-refractivity contribution is -0.120. The molecule has 1 unspecified atom stereocenters. The van der Waals surface area contributed by atoms with Crippen molar-refractivity contribution in [2.45, 2.75) is 6.04 Å². The molecule has 1 aromatic rings. The molecule has 2 N–H and O–H groups in total. The van der Waals surface area contributed by atoms with Crippen molar-refractivity contribution in [2.24, 2.45) is 0 Å². The number of carbonyl (C=O) groups is 2. The minimum atomic E-state index is -0.939. The average molecular weight is 273 g/mol. The number of benzene rings is 1. The predicted octanol–water partition coefficient (Wildman–Crippen LogP) is 1.47. The van der Waals surface area contributed by atoms with Crippen LogP contribution < -0.4 is 10.6 Å². The molecule has 0 aromatic heterocycles. The van der Waals surface area contributed by atoms with Gasteiger partial charge >= 0.3 is 6.03 Å². The van der Waals surface area contributed by atoms with E-state index in [9.17, 15) is 14.0 Å². The molecular weight excluding hydrogens is 267 g/mol. The van der Waals surface area contributed by atoms with Gasteiger partial charge in [0.2, 0.25) is 0 Å². The second-order valence-corrected chi connectivity index (χ2v) is 3.98. The van der Waals surface area contributed by atoms with Gasteiger partial charge in [0.15, 0.2) is 0 Å². The van der Waals surface area contributed by atoms with Crippen LogP contribution in [0, 0.1) is 5.82 Å². The van der Waals surface area contributed by atoms with Crippen molar-refractivity contribution in [1.82, 2.24) is 10.6 Å². The summed E-state index contributed by atoms with van der Waals surface area (Å²) in [5, 5.41) is 4.37. The number of amides is 3. The van der Waals surface area contributed by atoms with E-state index in [0.29, 0.717) is 4.47 Å².